The van der Waals surface area contributed by atoms with Crippen molar-refractivity contribution >= 4 is 5.91 Å². The molecule has 1 amide bonds. The highest BCUT2D eigenvalue weighted by Crippen LogP contribution is 2.34. The maximum atomic E-state index is 13.0. The van der Waals surface area contributed by atoms with E-state index in [2.05, 4.69) is 15.3 Å². The Labute approximate surface area is 156 Å². The fraction of sp³-hybridized carbons (Fsp3) is 0.368. The molecule has 2 aliphatic heterocycles. The topological polar surface area (TPSA) is 89.1 Å². The molecule has 0 unspecified atom stereocenters. The predicted octanol–water partition coefficient (Wildman–Crippen LogP) is 1.53. The van der Waals surface area contributed by atoms with Crippen LogP contribution in [-0.2, 0) is 13.2 Å². The second kappa shape index (κ2) is 6.02. The average Bonchev–Trinajstić information content (AvgIpc) is 3.41. The molecule has 8 nitrogen and oxygen atoms in total. The lowest BCUT2D eigenvalue weighted by Gasteiger charge is -2.15. The molecule has 0 radical (unpaired) electrons. The first kappa shape index (κ1) is 16.2. The lowest BCUT2D eigenvalue weighted by Crippen LogP contribution is -2.29. The standard InChI is InChI=1S/C19H20N6O2/c1-12-18-14-8-13(10-26)4-5-15(14)24-11-20-17(16(24)9-25(18)22-21-12)19(27)23-6-2-3-7-23/h4-5,8,11,26H,2-3,6-7,9-10H2,1H3. The van der Waals surface area contributed by atoms with E-state index in [9.17, 15) is 9.90 Å². The first-order valence-corrected chi connectivity index (χ1v) is 9.17. The van der Waals surface area contributed by atoms with E-state index in [0.29, 0.717) is 12.2 Å². The summed E-state index contributed by atoms with van der Waals surface area (Å²) < 4.78 is 3.78. The highest BCUT2D eigenvalue weighted by molar-refractivity contribution is 5.94. The largest absolute Gasteiger partial charge is 0.392 e. The fourth-order valence-electron chi connectivity index (χ4n) is 4.05. The van der Waals surface area contributed by atoms with Crippen LogP contribution in [0.15, 0.2) is 24.5 Å². The van der Waals surface area contributed by atoms with Gasteiger partial charge in [-0.25, -0.2) is 9.67 Å². The number of hydrogen-bond acceptors (Lipinski definition) is 5. The third-order valence-electron chi connectivity index (χ3n) is 5.42. The normalized spacial score (nSPS) is 15.3. The van der Waals surface area contributed by atoms with Crippen LogP contribution in [0.2, 0.25) is 0 Å². The number of nitrogens with zero attached hydrogens (tertiary/aromatic N) is 6. The van der Waals surface area contributed by atoms with Crippen LogP contribution in [0.1, 0.15) is 40.3 Å². The number of carbonyl (C=O) groups excluding carboxylic acids is 1. The van der Waals surface area contributed by atoms with Gasteiger partial charge in [-0.15, -0.1) is 5.10 Å². The summed E-state index contributed by atoms with van der Waals surface area (Å²) in [5, 5.41) is 18.1. The number of imidazole rings is 1. The summed E-state index contributed by atoms with van der Waals surface area (Å²) in [5.41, 5.74) is 5.68. The van der Waals surface area contributed by atoms with E-state index in [1.807, 2.05) is 39.3 Å². The average molecular weight is 364 g/mol. The zero-order chi connectivity index (χ0) is 18.5. The molecule has 0 spiro atoms. The van der Waals surface area contributed by atoms with Gasteiger partial charge in [-0.3, -0.25) is 9.36 Å². The van der Waals surface area contributed by atoms with Gasteiger partial charge in [0.25, 0.3) is 5.91 Å². The van der Waals surface area contributed by atoms with Crippen molar-refractivity contribution in [3.63, 3.8) is 0 Å². The van der Waals surface area contributed by atoms with Gasteiger partial charge in [0.1, 0.15) is 6.33 Å². The molecule has 8 heteroatoms. The second-order valence-electron chi connectivity index (χ2n) is 7.10. The van der Waals surface area contributed by atoms with Gasteiger partial charge >= 0.3 is 0 Å². The number of aliphatic hydroxyl groups is 1. The Bertz CT molecular complexity index is 1040. The van der Waals surface area contributed by atoms with Crippen molar-refractivity contribution in [2.24, 2.45) is 0 Å². The number of aliphatic hydroxyl groups excluding tert-OH is 1. The lowest BCUT2D eigenvalue weighted by molar-refractivity contribution is 0.0786. The van der Waals surface area contributed by atoms with E-state index in [4.69, 9.17) is 0 Å². The molecule has 1 saturated heterocycles. The van der Waals surface area contributed by atoms with Crippen molar-refractivity contribution in [3.05, 3.63) is 47.2 Å². The van der Waals surface area contributed by atoms with Crippen LogP contribution in [0.25, 0.3) is 16.9 Å². The molecule has 1 fully saturated rings. The van der Waals surface area contributed by atoms with Crippen molar-refractivity contribution in [2.75, 3.05) is 13.1 Å². The van der Waals surface area contributed by atoms with E-state index in [-0.39, 0.29) is 12.5 Å². The van der Waals surface area contributed by atoms with E-state index >= 15 is 0 Å². The van der Waals surface area contributed by atoms with Crippen molar-refractivity contribution in [1.29, 1.82) is 0 Å². The first-order chi connectivity index (χ1) is 13.2. The van der Waals surface area contributed by atoms with Crippen LogP contribution in [0.5, 0.6) is 0 Å². The third kappa shape index (κ3) is 2.40. The minimum Gasteiger partial charge on any atom is -0.392 e. The van der Waals surface area contributed by atoms with Gasteiger partial charge in [-0.1, -0.05) is 11.3 Å². The Balaban J connectivity index is 1.71. The minimum absolute atomic E-state index is 0.0185. The van der Waals surface area contributed by atoms with Crippen molar-refractivity contribution in [3.8, 4) is 16.9 Å². The smallest absolute Gasteiger partial charge is 0.274 e. The molecular formula is C19H20N6O2. The highest BCUT2D eigenvalue weighted by atomic mass is 16.3. The zero-order valence-corrected chi connectivity index (χ0v) is 15.1. The van der Waals surface area contributed by atoms with Crippen LogP contribution < -0.4 is 0 Å². The number of aryl methyl sites for hydroxylation is 1. The third-order valence-corrected chi connectivity index (χ3v) is 5.42. The second-order valence-corrected chi connectivity index (χ2v) is 7.10. The molecule has 0 aliphatic carbocycles. The predicted molar refractivity (Wildman–Crippen MR) is 97.5 cm³/mol. The first-order valence-electron chi connectivity index (χ1n) is 9.17. The van der Waals surface area contributed by atoms with E-state index < -0.39 is 0 Å². The summed E-state index contributed by atoms with van der Waals surface area (Å²) >= 11 is 0. The maximum Gasteiger partial charge on any atom is 0.274 e. The highest BCUT2D eigenvalue weighted by Gasteiger charge is 2.30. The number of fused-ring (bicyclic) bond motifs is 5. The van der Waals surface area contributed by atoms with Gasteiger partial charge in [0, 0.05) is 18.7 Å². The number of rotatable bonds is 2. The van der Waals surface area contributed by atoms with Gasteiger partial charge in [-0.2, -0.15) is 0 Å². The van der Waals surface area contributed by atoms with Crippen molar-refractivity contribution < 1.29 is 9.90 Å². The molecule has 2 aliphatic rings. The Morgan fingerprint density at radius 3 is 2.85 bits per heavy atom. The molecular weight excluding hydrogens is 344 g/mol. The van der Waals surface area contributed by atoms with E-state index in [1.54, 1.807) is 6.33 Å². The minimum atomic E-state index is -0.0383. The Morgan fingerprint density at radius 2 is 2.07 bits per heavy atom. The van der Waals surface area contributed by atoms with Gasteiger partial charge in [0.15, 0.2) is 5.69 Å². The summed E-state index contributed by atoms with van der Waals surface area (Å²) in [5.74, 6) is -0.0185. The summed E-state index contributed by atoms with van der Waals surface area (Å²) in [6.07, 6.45) is 3.80. The van der Waals surface area contributed by atoms with Gasteiger partial charge in [0.2, 0.25) is 0 Å². The van der Waals surface area contributed by atoms with Crippen LogP contribution in [-0.4, -0.2) is 53.5 Å². The molecule has 0 saturated carbocycles. The van der Waals surface area contributed by atoms with Crippen molar-refractivity contribution in [1.82, 2.24) is 29.4 Å². The Hall–Kier alpha value is -3.00. The zero-order valence-electron chi connectivity index (χ0n) is 15.1. The number of hydrogen-bond donors (Lipinski definition) is 1. The van der Waals surface area contributed by atoms with Crippen molar-refractivity contribution in [2.45, 2.75) is 32.9 Å². The maximum absolute atomic E-state index is 13.0. The summed E-state index contributed by atoms with van der Waals surface area (Å²) in [6, 6.07) is 5.80. The molecule has 2 aromatic heterocycles. The number of aromatic nitrogens is 5. The SMILES string of the molecule is Cc1nnn2c1-c1cc(CO)ccc1-n1cnc(C(=O)N3CCCC3)c1C2. The molecule has 0 bridgehead atoms. The molecule has 0 atom stereocenters. The number of benzene rings is 1. The van der Waals surface area contributed by atoms with E-state index in [0.717, 1.165) is 59.8 Å². The number of likely N-dealkylation sites (tertiary alicyclic amines) is 1. The number of carbonyl (C=O) groups is 1. The summed E-state index contributed by atoms with van der Waals surface area (Å²) in [6.45, 7) is 3.88. The number of amides is 1. The van der Waals surface area contributed by atoms with Gasteiger partial charge in [-0.05, 0) is 37.5 Å². The van der Waals surface area contributed by atoms with Crippen LogP contribution in [0.4, 0.5) is 0 Å². The molecule has 1 N–H and O–H groups in total. The molecule has 3 aromatic rings. The molecule has 1 aromatic carbocycles. The van der Waals surface area contributed by atoms with Gasteiger partial charge < -0.3 is 10.0 Å². The molecule has 5 rings (SSSR count). The monoisotopic (exact) mass is 364 g/mol. The fourth-order valence-corrected chi connectivity index (χ4v) is 4.05. The van der Waals surface area contributed by atoms with Crippen LogP contribution >= 0.6 is 0 Å². The van der Waals surface area contributed by atoms with E-state index in [1.165, 1.54) is 0 Å². The summed E-state index contributed by atoms with van der Waals surface area (Å²) in [4.78, 5) is 19.3. The van der Waals surface area contributed by atoms with Crippen LogP contribution in [0.3, 0.4) is 0 Å². The van der Waals surface area contributed by atoms with Crippen LogP contribution in [0, 0.1) is 6.92 Å². The molecule has 4 heterocycles. The molecule has 27 heavy (non-hydrogen) atoms. The Kier molecular flexibility index (Phi) is 3.61. The lowest BCUT2D eigenvalue weighted by atomic mass is 10.0. The Morgan fingerprint density at radius 1 is 1.26 bits per heavy atom. The molecule has 138 valence electrons. The van der Waals surface area contributed by atoms with Gasteiger partial charge in [0.05, 0.1) is 35.9 Å². The summed E-state index contributed by atoms with van der Waals surface area (Å²) in [7, 11) is 0. The quantitative estimate of drug-likeness (QED) is 0.583.